The molecule has 0 bridgehead atoms. The van der Waals surface area contributed by atoms with E-state index in [1.807, 2.05) is 6.92 Å². The third-order valence-corrected chi connectivity index (χ3v) is 6.91. The van der Waals surface area contributed by atoms with Crippen LogP contribution in [0.3, 0.4) is 0 Å². The number of anilines is 2. The number of aromatic nitrogens is 3. The molecule has 35 heavy (non-hydrogen) atoms. The van der Waals surface area contributed by atoms with Gasteiger partial charge in [0.05, 0.1) is 30.3 Å². The zero-order valence-corrected chi connectivity index (χ0v) is 19.4. The first-order chi connectivity index (χ1) is 16.5. The van der Waals surface area contributed by atoms with E-state index in [9.17, 15) is 26.0 Å². The molecule has 4 heterocycles. The normalized spacial score (nSPS) is 22.0. The van der Waals surface area contributed by atoms with Gasteiger partial charge in [-0.3, -0.25) is 9.89 Å². The van der Waals surface area contributed by atoms with E-state index in [1.54, 1.807) is 6.21 Å². The average molecular weight is 518 g/mol. The highest BCUT2D eigenvalue weighted by Gasteiger charge is 2.37. The molecule has 2 aromatic heterocycles. The zero-order valence-electron chi connectivity index (χ0n) is 18.5. The molecule has 2 aromatic rings. The van der Waals surface area contributed by atoms with Gasteiger partial charge in [-0.25, -0.2) is 32.5 Å². The summed E-state index contributed by atoms with van der Waals surface area (Å²) in [6.45, 7) is 1.44. The lowest BCUT2D eigenvalue weighted by atomic mass is 10.0. The second-order valence-electron chi connectivity index (χ2n) is 8.04. The highest BCUT2D eigenvalue weighted by molar-refractivity contribution is 7.89. The van der Waals surface area contributed by atoms with E-state index in [4.69, 9.17) is 4.74 Å². The lowest BCUT2D eigenvalue weighted by molar-refractivity contribution is -0.121. The Hall–Kier alpha value is -2.75. The molecule has 2 unspecified atom stereocenters. The molecule has 2 atom stereocenters. The minimum Gasteiger partial charge on any atom is -0.381 e. The van der Waals surface area contributed by atoms with Crippen LogP contribution >= 0.6 is 0 Å². The third kappa shape index (κ3) is 6.09. The Balaban J connectivity index is 1.50. The summed E-state index contributed by atoms with van der Waals surface area (Å²) in [6, 6.07) is 1.97. The largest absolute Gasteiger partial charge is 0.402 e. The minimum absolute atomic E-state index is 0.0360. The number of nitrogens with one attached hydrogen (secondary N) is 2. The van der Waals surface area contributed by atoms with Gasteiger partial charge >= 0.3 is 6.18 Å². The van der Waals surface area contributed by atoms with Crippen molar-refractivity contribution in [2.75, 3.05) is 25.1 Å². The number of hydrogen-bond acceptors (Lipinski definition) is 9. The van der Waals surface area contributed by atoms with Gasteiger partial charge in [0.2, 0.25) is 5.95 Å². The first-order valence-corrected chi connectivity index (χ1v) is 12.2. The smallest absolute Gasteiger partial charge is 0.381 e. The maximum atomic E-state index is 14.7. The molecular formula is C20H23F4N7O3S. The predicted octanol–water partition coefficient (Wildman–Crippen LogP) is 2.55. The molecular weight excluding hydrogens is 494 g/mol. The molecule has 1 saturated heterocycles. The van der Waals surface area contributed by atoms with Crippen molar-refractivity contribution in [2.24, 2.45) is 4.99 Å². The molecule has 2 aliphatic rings. The average Bonchev–Trinajstić information content (AvgIpc) is 3.21. The van der Waals surface area contributed by atoms with Crippen LogP contribution in [-0.2, 0) is 14.8 Å². The van der Waals surface area contributed by atoms with E-state index in [0.29, 0.717) is 13.2 Å². The van der Waals surface area contributed by atoms with Crippen LogP contribution in [0.2, 0.25) is 0 Å². The summed E-state index contributed by atoms with van der Waals surface area (Å²) in [4.78, 5) is 18.5. The van der Waals surface area contributed by atoms with Crippen LogP contribution in [0.1, 0.15) is 31.5 Å². The predicted molar refractivity (Wildman–Crippen MR) is 117 cm³/mol. The van der Waals surface area contributed by atoms with Crippen LogP contribution in [-0.4, -0.2) is 72.6 Å². The molecule has 0 saturated carbocycles. The van der Waals surface area contributed by atoms with E-state index in [1.165, 1.54) is 10.8 Å². The van der Waals surface area contributed by atoms with E-state index in [2.05, 4.69) is 30.2 Å². The molecule has 10 nitrogen and oxygen atoms in total. The Morgan fingerprint density at radius 1 is 1.17 bits per heavy atom. The van der Waals surface area contributed by atoms with Gasteiger partial charge in [0.15, 0.2) is 10.8 Å². The molecule has 0 amide bonds. The summed E-state index contributed by atoms with van der Waals surface area (Å²) in [5.41, 5.74) is 0.387. The van der Waals surface area contributed by atoms with Gasteiger partial charge in [0.25, 0.3) is 10.0 Å². The molecule has 0 spiro atoms. The quantitative estimate of drug-likeness (QED) is 0.538. The first-order valence-electron chi connectivity index (χ1n) is 10.7. The number of rotatable bonds is 7. The summed E-state index contributed by atoms with van der Waals surface area (Å²) < 4.78 is 82.5. The van der Waals surface area contributed by atoms with Crippen molar-refractivity contribution in [3.05, 3.63) is 36.0 Å². The van der Waals surface area contributed by atoms with E-state index < -0.39 is 39.6 Å². The fourth-order valence-electron chi connectivity index (χ4n) is 3.96. The van der Waals surface area contributed by atoms with Gasteiger partial charge in [0.1, 0.15) is 12.2 Å². The fraction of sp³-hybridized carbons (Fsp3) is 0.500. The minimum atomic E-state index is -4.70. The molecule has 1 fully saturated rings. The van der Waals surface area contributed by atoms with Gasteiger partial charge < -0.3 is 10.1 Å². The summed E-state index contributed by atoms with van der Waals surface area (Å²) in [6.07, 6.45) is 0.512. The van der Waals surface area contributed by atoms with Crippen LogP contribution in [0.15, 0.2) is 34.5 Å². The van der Waals surface area contributed by atoms with Crippen LogP contribution in [0.4, 0.5) is 29.2 Å². The van der Waals surface area contributed by atoms with Crippen LogP contribution < -0.4 is 10.0 Å². The van der Waals surface area contributed by atoms with Gasteiger partial charge in [-0.1, -0.05) is 0 Å². The molecule has 0 aromatic carbocycles. The number of alkyl halides is 3. The Labute approximate surface area is 198 Å². The van der Waals surface area contributed by atoms with E-state index in [0.717, 1.165) is 31.3 Å². The Bertz CT molecular complexity index is 1170. The number of nitrogens with zero attached hydrogens (tertiary/aromatic N) is 5. The number of halogens is 4. The molecule has 2 N–H and O–H groups in total. The van der Waals surface area contributed by atoms with Gasteiger partial charge in [-0.15, -0.1) is 0 Å². The fourth-order valence-corrected chi connectivity index (χ4v) is 4.90. The summed E-state index contributed by atoms with van der Waals surface area (Å²) in [7, 11) is -4.45. The number of ether oxygens (including phenoxy) is 1. The van der Waals surface area contributed by atoms with Crippen molar-refractivity contribution < 1.29 is 30.7 Å². The molecule has 0 aliphatic carbocycles. The van der Waals surface area contributed by atoms with Crippen LogP contribution in [0.25, 0.3) is 0 Å². The van der Waals surface area contributed by atoms with Gasteiger partial charge in [-0.2, -0.15) is 13.2 Å². The monoisotopic (exact) mass is 517 g/mol. The number of hydrogen-bond donors (Lipinski definition) is 2. The molecule has 0 radical (unpaired) electrons. The van der Waals surface area contributed by atoms with Crippen molar-refractivity contribution in [3.8, 4) is 0 Å². The van der Waals surface area contributed by atoms with E-state index in [-0.39, 0.29) is 29.5 Å². The Morgan fingerprint density at radius 3 is 2.57 bits per heavy atom. The summed E-state index contributed by atoms with van der Waals surface area (Å²) in [5, 5.41) is 2.22. The highest BCUT2D eigenvalue weighted by atomic mass is 32.2. The standard InChI is InChI=1S/C20H23F4N7O3S/c1-12-25-10-16(31(12)14-4-6-34-7-5-14)18-15(21)9-27-19(30-18)29-13-2-3-17(26-8-13)35(32,33)28-11-20(22,23)24/h2-3,8-10,12,14,16,28H,4-7,11H2,1H3,(H,27,29,30). The summed E-state index contributed by atoms with van der Waals surface area (Å²) in [5.74, 6) is -0.567. The number of sulfonamides is 1. The third-order valence-electron chi connectivity index (χ3n) is 5.59. The highest BCUT2D eigenvalue weighted by Crippen LogP contribution is 2.33. The van der Waals surface area contributed by atoms with Crippen LogP contribution in [0.5, 0.6) is 0 Å². The molecule has 4 rings (SSSR count). The number of aliphatic imine (C=N–C) groups is 1. The lowest BCUT2D eigenvalue weighted by Crippen LogP contribution is -2.44. The maximum Gasteiger partial charge on any atom is 0.402 e. The lowest BCUT2D eigenvalue weighted by Gasteiger charge is -2.37. The Morgan fingerprint density at radius 2 is 1.91 bits per heavy atom. The van der Waals surface area contributed by atoms with Crippen LogP contribution in [0, 0.1) is 5.82 Å². The molecule has 15 heteroatoms. The van der Waals surface area contributed by atoms with Crippen molar-refractivity contribution in [3.63, 3.8) is 0 Å². The SMILES string of the molecule is CC1N=CC(c2nc(Nc3ccc(S(=O)(=O)NCC(F)(F)F)nc3)ncc2F)N1C1CCOCC1. The molecule has 190 valence electrons. The van der Waals surface area contributed by atoms with E-state index >= 15 is 0 Å². The summed E-state index contributed by atoms with van der Waals surface area (Å²) >= 11 is 0. The van der Waals surface area contributed by atoms with Crippen molar-refractivity contribution in [2.45, 2.75) is 49.2 Å². The van der Waals surface area contributed by atoms with Crippen molar-refractivity contribution >= 4 is 27.9 Å². The Kier molecular flexibility index (Phi) is 7.30. The second-order valence-corrected chi connectivity index (χ2v) is 9.76. The van der Waals surface area contributed by atoms with Crippen molar-refractivity contribution in [1.82, 2.24) is 24.6 Å². The number of pyridine rings is 1. The zero-order chi connectivity index (χ0) is 25.2. The van der Waals surface area contributed by atoms with Crippen molar-refractivity contribution in [1.29, 1.82) is 0 Å². The maximum absolute atomic E-state index is 14.7. The second kappa shape index (κ2) is 10.1. The first kappa shape index (κ1) is 25.3. The van der Waals surface area contributed by atoms with Gasteiger partial charge in [-0.05, 0) is 31.9 Å². The van der Waals surface area contributed by atoms with Gasteiger partial charge in [0, 0.05) is 25.5 Å². The topological polar surface area (TPSA) is 122 Å². The molecule has 2 aliphatic heterocycles.